The molecule has 266 valence electrons. The molecule has 0 fully saturated rings. The van der Waals surface area contributed by atoms with Crippen LogP contribution in [0.3, 0.4) is 0 Å². The molecule has 0 saturated heterocycles. The summed E-state index contributed by atoms with van der Waals surface area (Å²) in [4.78, 5) is 0. The summed E-state index contributed by atoms with van der Waals surface area (Å²) < 4.78 is 0. The SMILES string of the molecule is CCCCc1cc2c(-c3ccc(CCC)cc3)cccc2[cH-]1.CCCCc1cc2c(-c3ccc(CCC)cc3)cccc2[cH-]1.[CH2-]C[CH2-].[Cl-].[Cl-].[Ti+2]. The molecule has 50 heavy (non-hydrogen) atoms. The first-order valence-electron chi connectivity index (χ1n) is 18.2. The van der Waals surface area contributed by atoms with Crippen LogP contribution in [0.1, 0.15) is 94.9 Å². The van der Waals surface area contributed by atoms with Gasteiger partial charge in [0.05, 0.1) is 0 Å². The second-order valence-corrected chi connectivity index (χ2v) is 12.8. The molecule has 0 bridgehead atoms. The van der Waals surface area contributed by atoms with Gasteiger partial charge in [0.15, 0.2) is 0 Å². The summed E-state index contributed by atoms with van der Waals surface area (Å²) in [7, 11) is 0. The molecule has 0 nitrogen and oxygen atoms in total. The fourth-order valence-corrected chi connectivity index (χ4v) is 6.43. The first kappa shape index (κ1) is 45.4. The van der Waals surface area contributed by atoms with Gasteiger partial charge in [-0.2, -0.15) is 12.1 Å². The molecule has 6 rings (SSSR count). The number of hydrogen-bond donors (Lipinski definition) is 0. The van der Waals surface area contributed by atoms with E-state index >= 15 is 0 Å². The van der Waals surface area contributed by atoms with Crippen molar-refractivity contribution in [1.29, 1.82) is 0 Å². The van der Waals surface area contributed by atoms with Gasteiger partial charge in [0, 0.05) is 0 Å². The first-order valence-corrected chi connectivity index (χ1v) is 18.2. The van der Waals surface area contributed by atoms with Crippen molar-refractivity contribution >= 4 is 21.5 Å². The fourth-order valence-electron chi connectivity index (χ4n) is 6.43. The molecule has 6 aromatic carbocycles. The summed E-state index contributed by atoms with van der Waals surface area (Å²) in [5.74, 6) is 0. The van der Waals surface area contributed by atoms with Crippen molar-refractivity contribution in [1.82, 2.24) is 0 Å². The molecule has 0 radical (unpaired) electrons. The molecule has 3 heteroatoms. The van der Waals surface area contributed by atoms with Gasteiger partial charge in [0.25, 0.3) is 0 Å². The van der Waals surface area contributed by atoms with E-state index in [0.29, 0.717) is 0 Å². The third-order valence-electron chi connectivity index (χ3n) is 8.87. The van der Waals surface area contributed by atoms with Crippen molar-refractivity contribution in [2.24, 2.45) is 0 Å². The Hall–Kier alpha value is -2.61. The maximum absolute atomic E-state index is 3.38. The van der Waals surface area contributed by atoms with Crippen molar-refractivity contribution in [3.8, 4) is 22.3 Å². The topological polar surface area (TPSA) is 0 Å². The van der Waals surface area contributed by atoms with Crippen molar-refractivity contribution in [2.75, 3.05) is 0 Å². The molecule has 0 unspecified atom stereocenters. The quantitative estimate of drug-likeness (QED) is 0.0880. The molecule has 0 atom stereocenters. The van der Waals surface area contributed by atoms with E-state index in [0.717, 1.165) is 6.42 Å². The Bertz CT molecular complexity index is 1620. The van der Waals surface area contributed by atoms with Crippen LogP contribution < -0.4 is 24.8 Å². The van der Waals surface area contributed by atoms with E-state index in [2.05, 4.69) is 151 Å². The molecule has 0 aliphatic rings. The predicted octanol–water partition coefficient (Wildman–Crippen LogP) is 8.09. The van der Waals surface area contributed by atoms with Gasteiger partial charge >= 0.3 is 21.7 Å². The zero-order valence-corrected chi connectivity index (χ0v) is 33.9. The number of halogens is 2. The van der Waals surface area contributed by atoms with E-state index in [-0.39, 0.29) is 46.5 Å². The molecule has 6 aromatic rings. The normalized spacial score (nSPS) is 10.2. The molecule has 0 heterocycles. The maximum atomic E-state index is 3.38. The minimum atomic E-state index is 0. The van der Waals surface area contributed by atoms with Gasteiger partial charge in [-0.1, -0.05) is 138 Å². The van der Waals surface area contributed by atoms with Crippen LogP contribution in [0.25, 0.3) is 43.8 Å². The van der Waals surface area contributed by atoms with Crippen LogP contribution >= 0.6 is 0 Å². The van der Waals surface area contributed by atoms with Gasteiger partial charge in [0.1, 0.15) is 0 Å². The van der Waals surface area contributed by atoms with Crippen molar-refractivity contribution in [3.63, 3.8) is 0 Å². The zero-order chi connectivity index (χ0) is 33.4. The van der Waals surface area contributed by atoms with Crippen LogP contribution in [0.5, 0.6) is 0 Å². The van der Waals surface area contributed by atoms with Crippen molar-refractivity contribution < 1.29 is 46.5 Å². The Balaban J connectivity index is 0.000000439. The molecule has 0 saturated carbocycles. The zero-order valence-electron chi connectivity index (χ0n) is 30.8. The average Bonchev–Trinajstić information content (AvgIpc) is 3.72. The molecule has 0 aromatic heterocycles. The van der Waals surface area contributed by atoms with E-state index in [1.54, 1.807) is 0 Å². The van der Waals surface area contributed by atoms with Crippen molar-refractivity contribution in [3.05, 3.63) is 145 Å². The number of rotatable bonds is 12. The Morgan fingerprint density at radius 1 is 0.480 bits per heavy atom. The maximum Gasteiger partial charge on any atom is 2.00 e. The third-order valence-corrected chi connectivity index (χ3v) is 8.87. The summed E-state index contributed by atoms with van der Waals surface area (Å²) in [6.45, 7) is 15.7. The van der Waals surface area contributed by atoms with Gasteiger partial charge in [-0.15, -0.1) is 69.1 Å². The molecule has 0 aliphatic carbocycles. The van der Waals surface area contributed by atoms with Crippen LogP contribution in [-0.4, -0.2) is 0 Å². The van der Waals surface area contributed by atoms with E-state index < -0.39 is 0 Å². The third kappa shape index (κ3) is 12.9. The minimum absolute atomic E-state index is 0. The van der Waals surface area contributed by atoms with Crippen LogP contribution in [0.15, 0.2) is 109 Å². The molecular weight excluding hydrogens is 683 g/mol. The summed E-state index contributed by atoms with van der Waals surface area (Å²) in [5.41, 5.74) is 11.2. The van der Waals surface area contributed by atoms with Crippen LogP contribution in [0.2, 0.25) is 0 Å². The minimum Gasteiger partial charge on any atom is -1.00 e. The van der Waals surface area contributed by atoms with Gasteiger partial charge in [-0.25, -0.2) is 0 Å². The Morgan fingerprint density at radius 3 is 1.16 bits per heavy atom. The van der Waals surface area contributed by atoms with E-state index in [9.17, 15) is 0 Å². The average molecular weight is 740 g/mol. The first-order chi connectivity index (χ1) is 23.0. The Kier molecular flexibility index (Phi) is 22.3. The predicted molar refractivity (Wildman–Crippen MR) is 210 cm³/mol. The Labute approximate surface area is 331 Å². The van der Waals surface area contributed by atoms with Crippen LogP contribution in [0, 0.1) is 13.8 Å². The number of unbranched alkanes of at least 4 members (excludes halogenated alkanes) is 2. The summed E-state index contributed by atoms with van der Waals surface area (Å²) >= 11 is 0. The van der Waals surface area contributed by atoms with E-state index in [1.165, 1.54) is 130 Å². The molecule has 0 amide bonds. The fraction of sp³-hybridized carbons (Fsp3) is 0.319. The summed E-state index contributed by atoms with van der Waals surface area (Å²) in [6, 6.07) is 41.0. The van der Waals surface area contributed by atoms with E-state index in [4.69, 9.17) is 0 Å². The van der Waals surface area contributed by atoms with Gasteiger partial charge in [-0.05, 0) is 47.9 Å². The number of hydrogen-bond acceptors (Lipinski definition) is 0. The van der Waals surface area contributed by atoms with Crippen molar-refractivity contribution in [2.45, 2.75) is 98.3 Å². The number of benzene rings is 4. The van der Waals surface area contributed by atoms with Gasteiger partial charge in [0.2, 0.25) is 0 Å². The second kappa shape index (κ2) is 24.6. The summed E-state index contributed by atoms with van der Waals surface area (Å²) in [6.07, 6.45) is 13.0. The van der Waals surface area contributed by atoms with Gasteiger partial charge < -0.3 is 45.1 Å². The standard InChI is InChI=1S/2C22H25.C3H6.2ClH.Ti/c2*1-3-5-8-18-15-20-9-6-10-21(22(20)16-18)19-13-11-17(7-4-2)12-14-19;1-3-2;;;/h2*6,9-16H,3-5,7-8H2,1-2H3;1-3H2;2*1H;/q2*-1;-2;;;+2/p-2. The summed E-state index contributed by atoms with van der Waals surface area (Å²) in [5, 5.41) is 5.55. The van der Waals surface area contributed by atoms with Crippen LogP contribution in [0.4, 0.5) is 0 Å². The largest absolute Gasteiger partial charge is 2.00 e. The Morgan fingerprint density at radius 2 is 0.840 bits per heavy atom. The number of aryl methyl sites for hydroxylation is 4. The molecule has 0 spiro atoms. The van der Waals surface area contributed by atoms with Crippen LogP contribution in [-0.2, 0) is 47.4 Å². The molecular formula is C47H56Cl2Ti-4. The second-order valence-electron chi connectivity index (χ2n) is 12.8. The monoisotopic (exact) mass is 738 g/mol. The molecule has 0 N–H and O–H groups in total. The van der Waals surface area contributed by atoms with E-state index in [1.807, 2.05) is 0 Å². The molecule has 0 aliphatic heterocycles. The smallest absolute Gasteiger partial charge is 1.00 e. The number of fused-ring (bicyclic) bond motifs is 2. The van der Waals surface area contributed by atoms with Gasteiger partial charge in [-0.3, -0.25) is 0 Å².